The normalized spacial score (nSPS) is 20.5. The summed E-state index contributed by atoms with van der Waals surface area (Å²) in [6, 6.07) is 4.13. The van der Waals surface area contributed by atoms with Gasteiger partial charge < -0.3 is 20.5 Å². The van der Waals surface area contributed by atoms with E-state index < -0.39 is 0 Å². The largest absolute Gasteiger partial charge is 0.396 e. The standard InChI is InChI=1S/C17H28N4O2.HI/c1-14-3-4-15(11-20-14)5-8-19-16(18-2)21-12-17(6-9-22)7-10-23-13-17;/h3-4,11,22H,5-10,12-13H2,1-2H3,(H2,18,19,21);1H. The lowest BCUT2D eigenvalue weighted by atomic mass is 9.84. The van der Waals surface area contributed by atoms with Crippen LogP contribution in [0.5, 0.6) is 0 Å². The van der Waals surface area contributed by atoms with Gasteiger partial charge in [-0.1, -0.05) is 6.07 Å². The molecule has 0 radical (unpaired) electrons. The van der Waals surface area contributed by atoms with Crippen LogP contribution in [0.2, 0.25) is 0 Å². The third-order valence-electron chi connectivity index (χ3n) is 4.36. The van der Waals surface area contributed by atoms with E-state index in [0.717, 1.165) is 50.6 Å². The van der Waals surface area contributed by atoms with Gasteiger partial charge in [-0.3, -0.25) is 9.98 Å². The number of aromatic nitrogens is 1. The summed E-state index contributed by atoms with van der Waals surface area (Å²) in [5.41, 5.74) is 2.26. The van der Waals surface area contributed by atoms with Crippen LogP contribution in [0.3, 0.4) is 0 Å². The second kappa shape index (κ2) is 10.8. The smallest absolute Gasteiger partial charge is 0.191 e. The number of hydrogen-bond donors (Lipinski definition) is 3. The first-order valence-corrected chi connectivity index (χ1v) is 8.22. The zero-order valence-electron chi connectivity index (χ0n) is 14.5. The molecule has 2 rings (SSSR count). The molecular formula is C17H29IN4O2. The van der Waals surface area contributed by atoms with Gasteiger partial charge in [0.1, 0.15) is 0 Å². The van der Waals surface area contributed by atoms with E-state index in [9.17, 15) is 5.11 Å². The van der Waals surface area contributed by atoms with E-state index >= 15 is 0 Å². The molecule has 2 heterocycles. The van der Waals surface area contributed by atoms with Gasteiger partial charge >= 0.3 is 0 Å². The summed E-state index contributed by atoms with van der Waals surface area (Å²) in [6.45, 7) is 5.22. The van der Waals surface area contributed by atoms with Crippen molar-refractivity contribution >= 4 is 29.9 Å². The molecule has 1 atom stereocenters. The maximum Gasteiger partial charge on any atom is 0.191 e. The number of ether oxygens (including phenoxy) is 1. The van der Waals surface area contributed by atoms with Crippen LogP contribution in [0.1, 0.15) is 24.1 Å². The molecule has 136 valence electrons. The minimum atomic E-state index is 0. The van der Waals surface area contributed by atoms with Crippen molar-refractivity contribution in [2.24, 2.45) is 10.4 Å². The van der Waals surface area contributed by atoms with Crippen LogP contribution in [0.25, 0.3) is 0 Å². The highest BCUT2D eigenvalue weighted by atomic mass is 127. The van der Waals surface area contributed by atoms with Crippen molar-refractivity contribution in [1.29, 1.82) is 0 Å². The Kier molecular flexibility index (Phi) is 9.53. The van der Waals surface area contributed by atoms with Crippen LogP contribution in [-0.4, -0.2) is 56.0 Å². The van der Waals surface area contributed by atoms with Crippen molar-refractivity contribution in [2.45, 2.75) is 26.2 Å². The highest BCUT2D eigenvalue weighted by molar-refractivity contribution is 14.0. The molecular weight excluding hydrogens is 419 g/mol. The highest BCUT2D eigenvalue weighted by Gasteiger charge is 2.34. The summed E-state index contributed by atoms with van der Waals surface area (Å²) < 4.78 is 5.51. The molecule has 1 aliphatic rings. The molecule has 1 aliphatic heterocycles. The Morgan fingerprint density at radius 2 is 2.25 bits per heavy atom. The average Bonchev–Trinajstić information content (AvgIpc) is 3.02. The van der Waals surface area contributed by atoms with Gasteiger partial charge in [0.15, 0.2) is 5.96 Å². The summed E-state index contributed by atoms with van der Waals surface area (Å²) in [5, 5.41) is 16.0. The molecule has 6 nitrogen and oxygen atoms in total. The number of aliphatic hydroxyl groups is 1. The number of aliphatic imine (C=N–C) groups is 1. The molecule has 24 heavy (non-hydrogen) atoms. The molecule has 1 fully saturated rings. The number of aliphatic hydroxyl groups excluding tert-OH is 1. The van der Waals surface area contributed by atoms with Crippen molar-refractivity contribution in [2.75, 3.05) is 40.0 Å². The van der Waals surface area contributed by atoms with E-state index in [2.05, 4.69) is 26.7 Å². The predicted octanol–water partition coefficient (Wildman–Crippen LogP) is 1.50. The Balaban J connectivity index is 0.00000288. The molecule has 0 bridgehead atoms. The maximum atomic E-state index is 9.27. The number of guanidine groups is 1. The van der Waals surface area contributed by atoms with Gasteiger partial charge in [0.25, 0.3) is 0 Å². The fourth-order valence-electron chi connectivity index (χ4n) is 2.78. The SMILES string of the molecule is CN=C(NCCc1ccc(C)nc1)NCC1(CCO)CCOC1.I. The lowest BCUT2D eigenvalue weighted by Gasteiger charge is -2.27. The van der Waals surface area contributed by atoms with E-state index in [1.807, 2.05) is 19.2 Å². The Morgan fingerprint density at radius 3 is 2.83 bits per heavy atom. The summed E-state index contributed by atoms with van der Waals surface area (Å²) in [5.74, 6) is 0.786. The summed E-state index contributed by atoms with van der Waals surface area (Å²) in [7, 11) is 1.77. The lowest BCUT2D eigenvalue weighted by Crippen LogP contribution is -2.45. The Labute approximate surface area is 161 Å². The third kappa shape index (κ3) is 6.52. The number of nitrogens with zero attached hydrogens (tertiary/aromatic N) is 2. The van der Waals surface area contributed by atoms with Crippen LogP contribution >= 0.6 is 24.0 Å². The number of nitrogens with one attached hydrogen (secondary N) is 2. The fourth-order valence-corrected chi connectivity index (χ4v) is 2.78. The van der Waals surface area contributed by atoms with E-state index in [4.69, 9.17) is 4.74 Å². The van der Waals surface area contributed by atoms with Gasteiger partial charge in [0.2, 0.25) is 0 Å². The van der Waals surface area contributed by atoms with Crippen LogP contribution < -0.4 is 10.6 Å². The Morgan fingerprint density at radius 1 is 1.42 bits per heavy atom. The van der Waals surface area contributed by atoms with E-state index in [0.29, 0.717) is 6.61 Å². The molecule has 1 unspecified atom stereocenters. The predicted molar refractivity (Wildman–Crippen MR) is 107 cm³/mol. The summed E-state index contributed by atoms with van der Waals surface area (Å²) in [4.78, 5) is 8.57. The molecule has 0 aromatic carbocycles. The molecule has 0 aliphatic carbocycles. The molecule has 7 heteroatoms. The topological polar surface area (TPSA) is 78.8 Å². The highest BCUT2D eigenvalue weighted by Crippen LogP contribution is 2.31. The van der Waals surface area contributed by atoms with Gasteiger partial charge in [-0.05, 0) is 37.8 Å². The minimum absolute atomic E-state index is 0. The first-order valence-electron chi connectivity index (χ1n) is 8.22. The molecule has 0 saturated carbocycles. The quantitative estimate of drug-likeness (QED) is 0.335. The second-order valence-electron chi connectivity index (χ2n) is 6.19. The monoisotopic (exact) mass is 448 g/mol. The first-order chi connectivity index (χ1) is 11.2. The van der Waals surface area contributed by atoms with Gasteiger partial charge in [0, 0.05) is 50.7 Å². The van der Waals surface area contributed by atoms with Gasteiger partial charge in [-0.15, -0.1) is 24.0 Å². The summed E-state index contributed by atoms with van der Waals surface area (Å²) >= 11 is 0. The number of halogens is 1. The summed E-state index contributed by atoms with van der Waals surface area (Å²) in [6.07, 6.45) is 4.55. The van der Waals surface area contributed by atoms with Crippen LogP contribution in [0.4, 0.5) is 0 Å². The molecule has 1 aromatic heterocycles. The Hall–Kier alpha value is -0.930. The van der Waals surface area contributed by atoms with E-state index in [-0.39, 0.29) is 36.0 Å². The van der Waals surface area contributed by atoms with Crippen molar-refractivity contribution < 1.29 is 9.84 Å². The average molecular weight is 448 g/mol. The van der Waals surface area contributed by atoms with Crippen molar-refractivity contribution in [3.8, 4) is 0 Å². The van der Waals surface area contributed by atoms with Crippen molar-refractivity contribution in [3.63, 3.8) is 0 Å². The number of rotatable bonds is 7. The zero-order chi connectivity index (χ0) is 16.5. The first kappa shape index (κ1) is 21.1. The number of hydrogen-bond acceptors (Lipinski definition) is 4. The fraction of sp³-hybridized carbons (Fsp3) is 0.647. The van der Waals surface area contributed by atoms with Gasteiger partial charge in [0.05, 0.1) is 6.61 Å². The number of pyridine rings is 1. The molecule has 1 saturated heterocycles. The zero-order valence-corrected chi connectivity index (χ0v) is 16.9. The maximum absolute atomic E-state index is 9.27. The third-order valence-corrected chi connectivity index (χ3v) is 4.36. The van der Waals surface area contributed by atoms with E-state index in [1.165, 1.54) is 5.56 Å². The van der Waals surface area contributed by atoms with Gasteiger partial charge in [-0.25, -0.2) is 0 Å². The molecule has 3 N–H and O–H groups in total. The van der Waals surface area contributed by atoms with E-state index in [1.54, 1.807) is 7.05 Å². The number of aryl methyl sites for hydroxylation is 1. The van der Waals surface area contributed by atoms with Crippen LogP contribution in [0.15, 0.2) is 23.3 Å². The molecule has 0 spiro atoms. The molecule has 1 aromatic rings. The van der Waals surface area contributed by atoms with Crippen molar-refractivity contribution in [1.82, 2.24) is 15.6 Å². The Bertz CT molecular complexity index is 502. The minimum Gasteiger partial charge on any atom is -0.396 e. The van der Waals surface area contributed by atoms with Crippen LogP contribution in [0, 0.1) is 12.3 Å². The lowest BCUT2D eigenvalue weighted by molar-refractivity contribution is 0.127. The van der Waals surface area contributed by atoms with Crippen molar-refractivity contribution in [3.05, 3.63) is 29.6 Å². The molecule has 0 amide bonds. The second-order valence-corrected chi connectivity index (χ2v) is 6.19. The van der Waals surface area contributed by atoms with Gasteiger partial charge in [-0.2, -0.15) is 0 Å². The van der Waals surface area contributed by atoms with Crippen LogP contribution in [-0.2, 0) is 11.2 Å².